The van der Waals surface area contributed by atoms with E-state index in [0.717, 1.165) is 11.3 Å². The number of nitrogens with zero attached hydrogens (tertiary/aromatic N) is 3. The zero-order valence-corrected chi connectivity index (χ0v) is 14.3. The zero-order chi connectivity index (χ0) is 18.0. The van der Waals surface area contributed by atoms with Gasteiger partial charge >= 0.3 is 0 Å². The molecule has 2 aromatic heterocycles. The lowest BCUT2D eigenvalue weighted by Crippen LogP contribution is -2.25. The molecule has 6 heteroatoms. The Labute approximate surface area is 145 Å². The van der Waals surface area contributed by atoms with E-state index >= 15 is 0 Å². The second-order valence-electron chi connectivity index (χ2n) is 5.75. The number of para-hydroxylation sites is 1. The molecule has 1 N–H and O–H groups in total. The number of amides is 1. The van der Waals surface area contributed by atoms with Crippen molar-refractivity contribution in [2.24, 2.45) is 0 Å². The number of aryl methyl sites for hydroxylation is 2. The monoisotopic (exact) mass is 334 g/mol. The summed E-state index contributed by atoms with van der Waals surface area (Å²) in [6.07, 6.45) is 1.57. The van der Waals surface area contributed by atoms with Gasteiger partial charge in [-0.25, -0.2) is 9.67 Å². The van der Waals surface area contributed by atoms with Crippen molar-refractivity contribution >= 4 is 17.5 Å². The summed E-state index contributed by atoms with van der Waals surface area (Å²) >= 11 is 0. The average Bonchev–Trinajstić information content (AvgIpc) is 2.91. The maximum atomic E-state index is 12.7. The predicted molar refractivity (Wildman–Crippen MR) is 95.0 cm³/mol. The number of benzene rings is 1. The summed E-state index contributed by atoms with van der Waals surface area (Å²) in [5.74, 6) is -0.963. The first-order valence-corrected chi connectivity index (χ1v) is 7.88. The van der Waals surface area contributed by atoms with Gasteiger partial charge in [0.2, 0.25) is 0 Å². The van der Waals surface area contributed by atoms with E-state index in [-0.39, 0.29) is 0 Å². The van der Waals surface area contributed by atoms with Crippen molar-refractivity contribution in [2.75, 3.05) is 5.32 Å². The highest BCUT2D eigenvalue weighted by Gasteiger charge is 2.25. The number of hydrogen-bond acceptors (Lipinski definition) is 4. The number of ketones is 1. The standard InChI is InChI=1S/C19H18N4O2/c1-12-8-7-11-20-18(12)21-19(25)17(24)16-13(2)22-23(14(16)3)15-9-5-4-6-10-15/h4-11H,1-3H3,(H,20,21,25). The molecule has 0 radical (unpaired) electrons. The highest BCUT2D eigenvalue weighted by Crippen LogP contribution is 2.19. The number of carbonyl (C=O) groups excluding carboxylic acids is 2. The fourth-order valence-corrected chi connectivity index (χ4v) is 2.69. The van der Waals surface area contributed by atoms with Gasteiger partial charge in [-0.15, -0.1) is 0 Å². The largest absolute Gasteiger partial charge is 0.303 e. The molecule has 0 saturated carbocycles. The van der Waals surface area contributed by atoms with Gasteiger partial charge in [-0.1, -0.05) is 24.3 Å². The van der Waals surface area contributed by atoms with Crippen molar-refractivity contribution in [3.8, 4) is 5.69 Å². The number of anilines is 1. The minimum Gasteiger partial charge on any atom is -0.303 e. The fourth-order valence-electron chi connectivity index (χ4n) is 2.69. The Hall–Kier alpha value is -3.28. The molecule has 2 heterocycles. The van der Waals surface area contributed by atoms with Crippen LogP contribution in [0.2, 0.25) is 0 Å². The summed E-state index contributed by atoms with van der Waals surface area (Å²) in [6.45, 7) is 5.32. The van der Waals surface area contributed by atoms with Crippen LogP contribution in [0.4, 0.5) is 5.82 Å². The van der Waals surface area contributed by atoms with Gasteiger partial charge in [0.25, 0.3) is 11.7 Å². The Kier molecular flexibility index (Phi) is 4.43. The first kappa shape index (κ1) is 16.6. The van der Waals surface area contributed by atoms with Crippen molar-refractivity contribution in [2.45, 2.75) is 20.8 Å². The first-order valence-electron chi connectivity index (χ1n) is 7.88. The molecule has 0 fully saturated rings. The quantitative estimate of drug-likeness (QED) is 0.588. The molecular weight excluding hydrogens is 316 g/mol. The van der Waals surface area contributed by atoms with Gasteiger partial charge < -0.3 is 5.32 Å². The van der Waals surface area contributed by atoms with Crippen LogP contribution < -0.4 is 5.32 Å². The molecule has 126 valence electrons. The summed E-state index contributed by atoms with van der Waals surface area (Å²) in [7, 11) is 0. The molecule has 3 rings (SSSR count). The molecular formula is C19H18N4O2. The number of Topliss-reactive ketones (excluding diaryl/α,β-unsaturated/α-hetero) is 1. The average molecular weight is 334 g/mol. The minimum atomic E-state index is -0.722. The third-order valence-corrected chi connectivity index (χ3v) is 3.97. The topological polar surface area (TPSA) is 76.9 Å². The zero-order valence-electron chi connectivity index (χ0n) is 14.3. The SMILES string of the molecule is Cc1cccnc1NC(=O)C(=O)c1c(C)nn(-c2ccccc2)c1C. The third kappa shape index (κ3) is 3.19. The van der Waals surface area contributed by atoms with Gasteiger partial charge in [0, 0.05) is 6.20 Å². The molecule has 3 aromatic rings. The summed E-state index contributed by atoms with van der Waals surface area (Å²) in [5.41, 5.74) is 3.08. The van der Waals surface area contributed by atoms with E-state index in [4.69, 9.17) is 0 Å². The number of aromatic nitrogens is 3. The highest BCUT2D eigenvalue weighted by molar-refractivity contribution is 6.47. The Bertz CT molecular complexity index is 945. The van der Waals surface area contributed by atoms with E-state index in [0.29, 0.717) is 22.8 Å². The van der Waals surface area contributed by atoms with Crippen LogP contribution in [-0.4, -0.2) is 26.5 Å². The highest BCUT2D eigenvalue weighted by atomic mass is 16.2. The van der Waals surface area contributed by atoms with Gasteiger partial charge in [-0.3, -0.25) is 9.59 Å². The number of pyridine rings is 1. The molecule has 0 unspecified atom stereocenters. The number of hydrogen-bond donors (Lipinski definition) is 1. The van der Waals surface area contributed by atoms with Crippen LogP contribution in [0.25, 0.3) is 5.69 Å². The second-order valence-corrected chi connectivity index (χ2v) is 5.75. The van der Waals surface area contributed by atoms with E-state index in [2.05, 4.69) is 15.4 Å². The van der Waals surface area contributed by atoms with E-state index in [1.807, 2.05) is 43.3 Å². The van der Waals surface area contributed by atoms with Gasteiger partial charge in [0.1, 0.15) is 5.82 Å². The number of carbonyl (C=O) groups is 2. The van der Waals surface area contributed by atoms with Crippen LogP contribution >= 0.6 is 0 Å². The van der Waals surface area contributed by atoms with Gasteiger partial charge in [0.15, 0.2) is 0 Å². The Balaban J connectivity index is 1.91. The summed E-state index contributed by atoms with van der Waals surface area (Å²) in [4.78, 5) is 29.1. The van der Waals surface area contributed by atoms with Gasteiger partial charge in [0.05, 0.1) is 22.6 Å². The lowest BCUT2D eigenvalue weighted by atomic mass is 10.1. The van der Waals surface area contributed by atoms with Crippen molar-refractivity contribution in [1.82, 2.24) is 14.8 Å². The Morgan fingerprint density at radius 1 is 1.00 bits per heavy atom. The molecule has 0 bridgehead atoms. The lowest BCUT2D eigenvalue weighted by Gasteiger charge is -2.07. The molecule has 0 spiro atoms. The van der Waals surface area contributed by atoms with E-state index in [1.54, 1.807) is 30.8 Å². The lowest BCUT2D eigenvalue weighted by molar-refractivity contribution is -0.112. The molecule has 0 aliphatic carbocycles. The molecule has 6 nitrogen and oxygen atoms in total. The molecule has 1 aromatic carbocycles. The molecule has 25 heavy (non-hydrogen) atoms. The number of rotatable bonds is 4. The van der Waals surface area contributed by atoms with E-state index < -0.39 is 11.7 Å². The van der Waals surface area contributed by atoms with Crippen molar-refractivity contribution in [3.63, 3.8) is 0 Å². The Morgan fingerprint density at radius 3 is 2.40 bits per heavy atom. The second kappa shape index (κ2) is 6.68. The van der Waals surface area contributed by atoms with Crippen molar-refractivity contribution in [1.29, 1.82) is 0 Å². The molecule has 0 aliphatic rings. The van der Waals surface area contributed by atoms with Crippen molar-refractivity contribution < 1.29 is 9.59 Å². The maximum absolute atomic E-state index is 12.7. The molecule has 1 amide bonds. The van der Waals surface area contributed by atoms with Crippen LogP contribution in [0.1, 0.15) is 27.3 Å². The number of nitrogens with one attached hydrogen (secondary N) is 1. The van der Waals surface area contributed by atoms with Crippen LogP contribution in [0.15, 0.2) is 48.7 Å². The van der Waals surface area contributed by atoms with Gasteiger partial charge in [-0.05, 0) is 44.5 Å². The smallest absolute Gasteiger partial charge is 0.298 e. The van der Waals surface area contributed by atoms with Crippen molar-refractivity contribution in [3.05, 3.63) is 71.2 Å². The van der Waals surface area contributed by atoms with E-state index in [9.17, 15) is 9.59 Å². The fraction of sp³-hybridized carbons (Fsp3) is 0.158. The Morgan fingerprint density at radius 2 is 1.72 bits per heavy atom. The van der Waals surface area contributed by atoms with Crippen LogP contribution in [0.5, 0.6) is 0 Å². The first-order chi connectivity index (χ1) is 12.0. The molecule has 0 saturated heterocycles. The van der Waals surface area contributed by atoms with Gasteiger partial charge in [-0.2, -0.15) is 5.10 Å². The summed E-state index contributed by atoms with van der Waals surface area (Å²) in [6, 6.07) is 13.1. The van der Waals surface area contributed by atoms with Crippen LogP contribution in [-0.2, 0) is 4.79 Å². The molecule has 0 aliphatic heterocycles. The summed E-state index contributed by atoms with van der Waals surface area (Å²) in [5, 5.41) is 6.98. The third-order valence-electron chi connectivity index (χ3n) is 3.97. The normalized spacial score (nSPS) is 10.5. The molecule has 0 atom stereocenters. The predicted octanol–water partition coefficient (Wildman–Crippen LogP) is 3.01. The minimum absolute atomic E-state index is 0.315. The van der Waals surface area contributed by atoms with Crippen LogP contribution in [0.3, 0.4) is 0 Å². The maximum Gasteiger partial charge on any atom is 0.298 e. The van der Waals surface area contributed by atoms with E-state index in [1.165, 1.54) is 0 Å². The summed E-state index contributed by atoms with van der Waals surface area (Å²) < 4.78 is 1.67. The van der Waals surface area contributed by atoms with Crippen LogP contribution in [0, 0.1) is 20.8 Å².